The fourth-order valence-electron chi connectivity index (χ4n) is 4.99. The van der Waals surface area contributed by atoms with Gasteiger partial charge in [0.2, 0.25) is 18.6 Å². The second-order valence-electron chi connectivity index (χ2n) is 9.61. The summed E-state index contributed by atoms with van der Waals surface area (Å²) in [5, 5.41) is 15.8. The zero-order valence-electron chi connectivity index (χ0n) is 20.4. The van der Waals surface area contributed by atoms with Gasteiger partial charge in [-0.1, -0.05) is 6.07 Å². The molecular weight excluding hydrogens is 466 g/mol. The molecule has 36 heavy (non-hydrogen) atoms. The minimum atomic E-state index is -0.547. The van der Waals surface area contributed by atoms with E-state index in [4.69, 9.17) is 18.9 Å². The fourth-order valence-corrected chi connectivity index (χ4v) is 4.99. The van der Waals surface area contributed by atoms with Crippen LogP contribution in [0.3, 0.4) is 0 Å². The van der Waals surface area contributed by atoms with E-state index < -0.39 is 6.10 Å². The van der Waals surface area contributed by atoms with E-state index >= 15 is 0 Å². The molecule has 0 bridgehead atoms. The van der Waals surface area contributed by atoms with Crippen molar-refractivity contribution in [3.8, 4) is 17.2 Å². The van der Waals surface area contributed by atoms with Crippen LogP contribution in [0.25, 0.3) is 0 Å². The summed E-state index contributed by atoms with van der Waals surface area (Å²) < 4.78 is 22.9. The molecule has 3 heterocycles. The molecule has 4 atom stereocenters. The van der Waals surface area contributed by atoms with E-state index in [0.29, 0.717) is 35.9 Å². The number of amides is 2. The Hall–Kier alpha value is -3.34. The lowest BCUT2D eigenvalue weighted by Gasteiger charge is -2.37. The SMILES string of the molecule is CN(C)CC(=O)Nc1ccc2c(c1)[C@@H]1C[C@H](CC(=O)NCc3ccc4c(c3)OCO4)O[C@@H](CO)[C@@H]1O2. The van der Waals surface area contributed by atoms with E-state index in [1.54, 1.807) is 11.0 Å². The van der Waals surface area contributed by atoms with Crippen molar-refractivity contribution < 1.29 is 33.6 Å². The molecule has 2 amide bonds. The number of hydrogen-bond donors (Lipinski definition) is 3. The van der Waals surface area contributed by atoms with E-state index in [1.807, 2.05) is 44.4 Å². The van der Waals surface area contributed by atoms with Crippen LogP contribution < -0.4 is 24.8 Å². The van der Waals surface area contributed by atoms with Gasteiger partial charge in [0.05, 0.1) is 25.7 Å². The van der Waals surface area contributed by atoms with E-state index in [2.05, 4.69) is 10.6 Å². The molecule has 1 fully saturated rings. The molecule has 2 aromatic rings. The Morgan fingerprint density at radius 3 is 2.67 bits per heavy atom. The molecule has 10 nitrogen and oxygen atoms in total. The van der Waals surface area contributed by atoms with Gasteiger partial charge in [0.15, 0.2) is 11.5 Å². The molecule has 0 unspecified atom stereocenters. The number of anilines is 1. The maximum Gasteiger partial charge on any atom is 0.238 e. The molecule has 0 saturated carbocycles. The molecular formula is C26H31N3O7. The topological polar surface area (TPSA) is 119 Å². The number of benzene rings is 2. The van der Waals surface area contributed by atoms with Crippen LogP contribution in [0.1, 0.15) is 29.9 Å². The van der Waals surface area contributed by atoms with E-state index in [-0.39, 0.29) is 56.3 Å². The third-order valence-electron chi connectivity index (χ3n) is 6.58. The van der Waals surface area contributed by atoms with Crippen molar-refractivity contribution in [2.75, 3.05) is 39.4 Å². The number of nitrogens with zero attached hydrogens (tertiary/aromatic N) is 1. The van der Waals surface area contributed by atoms with Crippen LogP contribution in [-0.4, -0.2) is 74.2 Å². The van der Waals surface area contributed by atoms with Crippen LogP contribution in [0, 0.1) is 0 Å². The lowest BCUT2D eigenvalue weighted by atomic mass is 9.84. The number of aliphatic hydroxyl groups is 1. The molecule has 10 heteroatoms. The third-order valence-corrected chi connectivity index (χ3v) is 6.58. The first-order chi connectivity index (χ1) is 17.4. The Labute approximate surface area is 209 Å². The summed E-state index contributed by atoms with van der Waals surface area (Å²) >= 11 is 0. The molecule has 5 rings (SSSR count). The number of fused-ring (bicyclic) bond motifs is 4. The van der Waals surface area contributed by atoms with Crippen LogP contribution in [0.2, 0.25) is 0 Å². The van der Waals surface area contributed by atoms with Crippen molar-refractivity contribution in [1.29, 1.82) is 0 Å². The Morgan fingerprint density at radius 2 is 1.86 bits per heavy atom. The summed E-state index contributed by atoms with van der Waals surface area (Å²) in [7, 11) is 3.67. The first kappa shape index (κ1) is 24.4. The summed E-state index contributed by atoms with van der Waals surface area (Å²) in [6.45, 7) is 0.634. The van der Waals surface area contributed by atoms with E-state index in [1.165, 1.54) is 0 Å². The summed E-state index contributed by atoms with van der Waals surface area (Å²) in [5.74, 6) is 1.79. The van der Waals surface area contributed by atoms with Crippen molar-refractivity contribution >= 4 is 17.5 Å². The van der Waals surface area contributed by atoms with Crippen LogP contribution in [0.15, 0.2) is 36.4 Å². The highest BCUT2D eigenvalue weighted by Gasteiger charge is 2.46. The number of aliphatic hydroxyl groups excluding tert-OH is 1. The minimum absolute atomic E-state index is 0.0525. The van der Waals surface area contributed by atoms with Gasteiger partial charge in [-0.2, -0.15) is 0 Å². The van der Waals surface area contributed by atoms with Crippen molar-refractivity contribution in [3.63, 3.8) is 0 Å². The second-order valence-corrected chi connectivity index (χ2v) is 9.61. The Balaban J connectivity index is 1.22. The molecule has 1 saturated heterocycles. The predicted molar refractivity (Wildman–Crippen MR) is 130 cm³/mol. The first-order valence-corrected chi connectivity index (χ1v) is 12.1. The van der Waals surface area contributed by atoms with Gasteiger partial charge in [0, 0.05) is 23.7 Å². The zero-order chi connectivity index (χ0) is 25.2. The number of carbonyl (C=O) groups is 2. The third kappa shape index (κ3) is 5.25. The average molecular weight is 498 g/mol. The lowest BCUT2D eigenvalue weighted by Crippen LogP contribution is -2.47. The first-order valence-electron chi connectivity index (χ1n) is 12.1. The van der Waals surface area contributed by atoms with Crippen molar-refractivity contribution in [1.82, 2.24) is 10.2 Å². The van der Waals surface area contributed by atoms with Crippen LogP contribution >= 0.6 is 0 Å². The molecule has 0 aliphatic carbocycles. The van der Waals surface area contributed by atoms with Gasteiger partial charge < -0.3 is 39.6 Å². The summed E-state index contributed by atoms with van der Waals surface area (Å²) in [5.41, 5.74) is 2.55. The van der Waals surface area contributed by atoms with Crippen LogP contribution in [0.4, 0.5) is 5.69 Å². The summed E-state index contributed by atoms with van der Waals surface area (Å²) in [4.78, 5) is 26.7. The van der Waals surface area contributed by atoms with Gasteiger partial charge in [-0.05, 0) is 56.4 Å². The Morgan fingerprint density at radius 1 is 1.06 bits per heavy atom. The molecule has 0 aromatic heterocycles. The smallest absolute Gasteiger partial charge is 0.238 e. The number of hydrogen-bond acceptors (Lipinski definition) is 8. The summed E-state index contributed by atoms with van der Waals surface area (Å²) in [6.07, 6.45) is -0.526. The van der Waals surface area contributed by atoms with Crippen molar-refractivity contribution in [2.24, 2.45) is 0 Å². The number of carbonyl (C=O) groups excluding carboxylic acids is 2. The molecule has 3 aliphatic rings. The highest BCUT2D eigenvalue weighted by Crippen LogP contribution is 2.47. The molecule has 3 aliphatic heterocycles. The quantitative estimate of drug-likeness (QED) is 0.504. The average Bonchev–Trinajstić information content (AvgIpc) is 3.46. The number of rotatable bonds is 8. The minimum Gasteiger partial charge on any atom is -0.487 e. The predicted octanol–water partition coefficient (Wildman–Crippen LogP) is 1.62. The highest BCUT2D eigenvalue weighted by molar-refractivity contribution is 5.92. The normalized spacial score (nSPS) is 23.6. The van der Waals surface area contributed by atoms with E-state index in [0.717, 1.165) is 11.1 Å². The monoisotopic (exact) mass is 497 g/mol. The number of nitrogens with one attached hydrogen (secondary N) is 2. The molecule has 2 aromatic carbocycles. The highest BCUT2D eigenvalue weighted by atomic mass is 16.7. The van der Waals surface area contributed by atoms with Crippen LogP contribution in [0.5, 0.6) is 17.2 Å². The standard InChI is InChI=1S/C26H31N3O7/c1-29(2)12-25(32)28-16-4-6-20-18(8-16)19-9-17(35-23(13-30)26(19)36-20)10-24(31)27-11-15-3-5-21-22(7-15)34-14-33-21/h3-8,17,19,23,26,30H,9-14H2,1-2H3,(H,27,31)(H,28,32)/t17-,19+,23+,26-/m1/s1. The largest absolute Gasteiger partial charge is 0.487 e. The molecule has 0 spiro atoms. The Bertz CT molecular complexity index is 1140. The van der Waals surface area contributed by atoms with Gasteiger partial charge in [0.25, 0.3) is 0 Å². The maximum absolute atomic E-state index is 12.7. The van der Waals surface area contributed by atoms with Crippen molar-refractivity contribution in [2.45, 2.75) is 43.6 Å². The van der Waals surface area contributed by atoms with Gasteiger partial charge in [-0.15, -0.1) is 0 Å². The van der Waals surface area contributed by atoms with Crippen molar-refractivity contribution in [3.05, 3.63) is 47.5 Å². The number of likely N-dealkylation sites (N-methyl/N-ethyl adjacent to an activating group) is 1. The van der Waals surface area contributed by atoms with Gasteiger partial charge in [-0.3, -0.25) is 9.59 Å². The zero-order valence-corrected chi connectivity index (χ0v) is 20.4. The van der Waals surface area contributed by atoms with Gasteiger partial charge >= 0.3 is 0 Å². The van der Waals surface area contributed by atoms with E-state index in [9.17, 15) is 14.7 Å². The van der Waals surface area contributed by atoms with Gasteiger partial charge in [0.1, 0.15) is 18.0 Å². The molecule has 192 valence electrons. The second kappa shape index (κ2) is 10.3. The lowest BCUT2D eigenvalue weighted by molar-refractivity contribution is -0.142. The van der Waals surface area contributed by atoms with Crippen LogP contribution in [-0.2, 0) is 20.9 Å². The fraction of sp³-hybridized carbons (Fsp3) is 0.462. The maximum atomic E-state index is 12.7. The number of ether oxygens (including phenoxy) is 4. The molecule has 3 N–H and O–H groups in total. The Kier molecular flexibility index (Phi) is 6.99. The van der Waals surface area contributed by atoms with Gasteiger partial charge in [-0.25, -0.2) is 0 Å². The summed E-state index contributed by atoms with van der Waals surface area (Å²) in [6, 6.07) is 11.1. The molecule has 0 radical (unpaired) electrons.